The molecule has 2 fully saturated rings. The van der Waals surface area contributed by atoms with E-state index >= 15 is 0 Å². The molecule has 0 aromatic heterocycles. The molecule has 0 saturated carbocycles. The maximum Gasteiger partial charge on any atom is 0.103 e. The quantitative estimate of drug-likeness (QED) is 0.633. The average Bonchev–Trinajstić information content (AvgIpc) is 3.28. The van der Waals surface area contributed by atoms with E-state index in [2.05, 4.69) is 58.6 Å². The Balaban J connectivity index is 1.37. The lowest BCUT2D eigenvalue weighted by Crippen LogP contribution is -2.38. The highest BCUT2D eigenvalue weighted by atomic mass is 16.5. The van der Waals surface area contributed by atoms with Crippen LogP contribution >= 0.6 is 0 Å². The second-order valence-electron chi connectivity index (χ2n) is 5.63. The van der Waals surface area contributed by atoms with Crippen LogP contribution in [0, 0.1) is 0 Å². The minimum absolute atomic E-state index is 0.115. The van der Waals surface area contributed by atoms with Crippen LogP contribution in [0.4, 0.5) is 0 Å². The van der Waals surface area contributed by atoms with E-state index in [1.807, 2.05) is 18.3 Å². The fourth-order valence-corrected chi connectivity index (χ4v) is 2.80. The lowest BCUT2D eigenvalue weighted by molar-refractivity contribution is -0.0307. The van der Waals surface area contributed by atoms with Gasteiger partial charge in [-0.25, -0.2) is 0 Å². The van der Waals surface area contributed by atoms with Crippen molar-refractivity contribution >= 4 is 6.21 Å². The summed E-state index contributed by atoms with van der Waals surface area (Å²) in [7, 11) is 0. The van der Waals surface area contributed by atoms with Gasteiger partial charge in [0.25, 0.3) is 0 Å². The predicted molar refractivity (Wildman–Crippen MR) is 83.3 cm³/mol. The number of hydrogen-bond donors (Lipinski definition) is 0. The summed E-state index contributed by atoms with van der Waals surface area (Å²) >= 11 is 0. The molecule has 2 saturated heterocycles. The Labute approximate surface area is 124 Å². The van der Waals surface area contributed by atoms with Gasteiger partial charge in [0.1, 0.15) is 6.10 Å². The zero-order valence-corrected chi connectivity index (χ0v) is 11.8. The lowest BCUT2D eigenvalue weighted by Gasteiger charge is -2.34. The number of hydrazone groups is 1. The normalized spacial score (nSPS) is 27.6. The molecule has 21 heavy (non-hydrogen) atoms. The van der Waals surface area contributed by atoms with Crippen molar-refractivity contribution in [2.75, 3.05) is 13.2 Å². The van der Waals surface area contributed by atoms with Gasteiger partial charge in [-0.3, -0.25) is 5.01 Å². The largest absolute Gasteiger partial charge is 0.371 e. The summed E-state index contributed by atoms with van der Waals surface area (Å²) in [4.78, 5) is 0. The van der Waals surface area contributed by atoms with Crippen LogP contribution in [0.2, 0.25) is 0 Å². The second-order valence-corrected chi connectivity index (χ2v) is 5.63. The molecule has 0 amide bonds. The Morgan fingerprint density at radius 1 is 0.952 bits per heavy atom. The van der Waals surface area contributed by atoms with Crippen LogP contribution in [0.5, 0.6) is 0 Å². The Morgan fingerprint density at radius 2 is 1.62 bits per heavy atom. The molecule has 3 heteroatoms. The average molecular weight is 278 g/mol. The maximum absolute atomic E-state index is 5.64. The van der Waals surface area contributed by atoms with Crippen molar-refractivity contribution < 1.29 is 4.74 Å². The minimum Gasteiger partial charge on any atom is -0.371 e. The molecule has 4 rings (SSSR count). The summed E-state index contributed by atoms with van der Waals surface area (Å²) in [6.07, 6.45) is 2.08. The van der Waals surface area contributed by atoms with Crippen LogP contribution in [0.3, 0.4) is 0 Å². The number of hydrogen-bond acceptors (Lipinski definition) is 3. The van der Waals surface area contributed by atoms with Crippen LogP contribution in [0.1, 0.15) is 23.1 Å². The molecule has 0 radical (unpaired) electrons. The molecule has 0 aliphatic carbocycles. The van der Waals surface area contributed by atoms with E-state index in [1.54, 1.807) is 0 Å². The highest BCUT2D eigenvalue weighted by Gasteiger charge is 2.36. The molecule has 3 nitrogen and oxygen atoms in total. The van der Waals surface area contributed by atoms with Crippen molar-refractivity contribution in [3.8, 4) is 0 Å². The molecule has 2 aliphatic heterocycles. The third-order valence-electron chi connectivity index (χ3n) is 4.22. The first kappa shape index (κ1) is 12.6. The molecular weight excluding hydrogens is 260 g/mol. The SMILES string of the molecule is C(=N\N1CC1c1ccccc1)/C1OCC1c1ccccc1. The van der Waals surface area contributed by atoms with E-state index in [1.165, 1.54) is 11.1 Å². The first-order valence-corrected chi connectivity index (χ1v) is 7.44. The van der Waals surface area contributed by atoms with Crippen molar-refractivity contribution in [2.24, 2.45) is 5.10 Å². The molecule has 3 atom stereocenters. The van der Waals surface area contributed by atoms with Crippen molar-refractivity contribution in [2.45, 2.75) is 18.1 Å². The third-order valence-corrected chi connectivity index (χ3v) is 4.22. The summed E-state index contributed by atoms with van der Waals surface area (Å²) in [5.41, 5.74) is 2.68. The molecule has 2 aromatic carbocycles. The summed E-state index contributed by atoms with van der Waals surface area (Å²) in [6.45, 7) is 1.80. The molecule has 2 heterocycles. The van der Waals surface area contributed by atoms with Crippen LogP contribution in [-0.4, -0.2) is 30.5 Å². The van der Waals surface area contributed by atoms with Crippen LogP contribution in [0.25, 0.3) is 0 Å². The number of rotatable bonds is 4. The van der Waals surface area contributed by atoms with E-state index < -0.39 is 0 Å². The summed E-state index contributed by atoms with van der Waals surface area (Å²) in [5, 5.41) is 6.68. The van der Waals surface area contributed by atoms with E-state index in [0.717, 1.165) is 13.2 Å². The second kappa shape index (κ2) is 5.34. The smallest absolute Gasteiger partial charge is 0.103 e. The summed E-state index contributed by atoms with van der Waals surface area (Å²) in [6, 6.07) is 21.5. The molecular formula is C18H18N2O. The number of nitrogens with zero attached hydrogens (tertiary/aromatic N) is 2. The van der Waals surface area contributed by atoms with Gasteiger partial charge < -0.3 is 4.74 Å². The summed E-state index contributed by atoms with van der Waals surface area (Å²) in [5.74, 6) is 0.449. The maximum atomic E-state index is 5.64. The molecule has 2 aromatic rings. The van der Waals surface area contributed by atoms with Gasteiger partial charge in [-0.1, -0.05) is 60.7 Å². The van der Waals surface area contributed by atoms with E-state index in [4.69, 9.17) is 4.74 Å². The lowest BCUT2D eigenvalue weighted by atomic mass is 9.90. The van der Waals surface area contributed by atoms with Gasteiger partial charge in [0.05, 0.1) is 25.4 Å². The topological polar surface area (TPSA) is 24.6 Å². The number of benzene rings is 2. The van der Waals surface area contributed by atoms with Gasteiger partial charge in [0.2, 0.25) is 0 Å². The van der Waals surface area contributed by atoms with Crippen molar-refractivity contribution in [3.63, 3.8) is 0 Å². The van der Waals surface area contributed by atoms with Gasteiger partial charge in [0.15, 0.2) is 0 Å². The first-order valence-electron chi connectivity index (χ1n) is 7.44. The zero-order chi connectivity index (χ0) is 14.1. The Kier molecular flexibility index (Phi) is 3.20. The van der Waals surface area contributed by atoms with Gasteiger partial charge in [-0.15, -0.1) is 0 Å². The first-order chi connectivity index (χ1) is 10.4. The van der Waals surface area contributed by atoms with Gasteiger partial charge in [0, 0.05) is 5.92 Å². The Hall–Kier alpha value is -2.13. The molecule has 0 spiro atoms. The summed E-state index contributed by atoms with van der Waals surface area (Å²) < 4.78 is 5.64. The minimum atomic E-state index is 0.115. The van der Waals surface area contributed by atoms with Crippen LogP contribution in [-0.2, 0) is 4.74 Å². The predicted octanol–water partition coefficient (Wildman–Crippen LogP) is 3.21. The highest BCUT2D eigenvalue weighted by molar-refractivity contribution is 5.66. The van der Waals surface area contributed by atoms with E-state index in [9.17, 15) is 0 Å². The highest BCUT2D eigenvalue weighted by Crippen LogP contribution is 2.35. The molecule has 106 valence electrons. The fraction of sp³-hybridized carbons (Fsp3) is 0.278. The Morgan fingerprint density at radius 3 is 2.24 bits per heavy atom. The number of ether oxygens (including phenoxy) is 1. The van der Waals surface area contributed by atoms with Crippen LogP contribution in [0.15, 0.2) is 65.8 Å². The molecule has 0 N–H and O–H groups in total. The van der Waals surface area contributed by atoms with Crippen molar-refractivity contribution in [3.05, 3.63) is 71.8 Å². The third kappa shape index (κ3) is 2.57. The van der Waals surface area contributed by atoms with Crippen molar-refractivity contribution in [1.29, 1.82) is 0 Å². The zero-order valence-electron chi connectivity index (χ0n) is 11.8. The van der Waals surface area contributed by atoms with E-state index in [-0.39, 0.29) is 6.10 Å². The van der Waals surface area contributed by atoms with Crippen LogP contribution < -0.4 is 0 Å². The van der Waals surface area contributed by atoms with Crippen molar-refractivity contribution in [1.82, 2.24) is 5.01 Å². The standard InChI is InChI=1S/C18H18N2O/c1-3-7-14(8-4-1)16-13-21-18(16)11-19-20-12-17(20)15-9-5-2-6-10-15/h1-11,16-18H,12-13H2/b19-11+. The monoisotopic (exact) mass is 278 g/mol. The van der Waals surface area contributed by atoms with Gasteiger partial charge in [-0.05, 0) is 11.1 Å². The van der Waals surface area contributed by atoms with Gasteiger partial charge >= 0.3 is 0 Å². The van der Waals surface area contributed by atoms with Gasteiger partial charge in [-0.2, -0.15) is 5.10 Å². The molecule has 0 bridgehead atoms. The fourth-order valence-electron chi connectivity index (χ4n) is 2.80. The Bertz CT molecular complexity index is 626. The molecule has 2 aliphatic rings. The molecule has 3 unspecified atom stereocenters. The van der Waals surface area contributed by atoms with E-state index in [0.29, 0.717) is 12.0 Å².